The first-order chi connectivity index (χ1) is 3.92. The summed E-state index contributed by atoms with van der Waals surface area (Å²) in [5.41, 5.74) is 4.87. The molecule has 0 amide bonds. The SMILES string of the molecule is CC(C)(C)OCC(=N)N.Cl. The molecule has 0 aliphatic carbocycles. The highest BCUT2D eigenvalue weighted by molar-refractivity contribution is 5.85. The fraction of sp³-hybridized carbons (Fsp3) is 0.833. The van der Waals surface area contributed by atoms with Gasteiger partial charge in [-0.05, 0) is 20.8 Å². The first-order valence-corrected chi connectivity index (χ1v) is 2.89. The fourth-order valence-electron chi connectivity index (χ4n) is 0.294. The van der Waals surface area contributed by atoms with Crippen molar-refractivity contribution in [3.05, 3.63) is 0 Å². The van der Waals surface area contributed by atoms with E-state index in [1.165, 1.54) is 0 Å². The summed E-state index contributed by atoms with van der Waals surface area (Å²) in [6.45, 7) is 6.01. The van der Waals surface area contributed by atoms with Crippen molar-refractivity contribution in [1.29, 1.82) is 5.41 Å². The molecule has 0 aromatic carbocycles. The Kier molecular flexibility index (Phi) is 5.61. The number of rotatable bonds is 2. The number of ether oxygens (including phenoxy) is 1. The topological polar surface area (TPSA) is 59.1 Å². The van der Waals surface area contributed by atoms with Gasteiger partial charge < -0.3 is 10.5 Å². The monoisotopic (exact) mass is 166 g/mol. The Hall–Kier alpha value is -0.280. The molecule has 0 aromatic rings. The molecular weight excluding hydrogens is 152 g/mol. The highest BCUT2D eigenvalue weighted by Gasteiger charge is 2.09. The second-order valence-electron chi connectivity index (χ2n) is 2.93. The Morgan fingerprint density at radius 2 is 1.90 bits per heavy atom. The van der Waals surface area contributed by atoms with Crippen molar-refractivity contribution in [2.45, 2.75) is 26.4 Å². The van der Waals surface area contributed by atoms with Gasteiger partial charge >= 0.3 is 0 Å². The Morgan fingerprint density at radius 1 is 1.50 bits per heavy atom. The van der Waals surface area contributed by atoms with Crippen LogP contribution in [0.2, 0.25) is 0 Å². The average Bonchev–Trinajstić information content (AvgIpc) is 1.59. The van der Waals surface area contributed by atoms with E-state index in [1.807, 2.05) is 20.8 Å². The van der Waals surface area contributed by atoms with E-state index in [0.29, 0.717) is 0 Å². The van der Waals surface area contributed by atoms with Gasteiger partial charge in [-0.25, -0.2) is 0 Å². The Bertz CT molecular complexity index is 109. The molecule has 0 rings (SSSR count). The van der Waals surface area contributed by atoms with Crippen molar-refractivity contribution in [3.63, 3.8) is 0 Å². The van der Waals surface area contributed by atoms with Gasteiger partial charge in [0.15, 0.2) is 0 Å². The van der Waals surface area contributed by atoms with Crippen molar-refractivity contribution >= 4 is 18.2 Å². The van der Waals surface area contributed by atoms with Crippen LogP contribution in [-0.4, -0.2) is 18.0 Å². The van der Waals surface area contributed by atoms with Gasteiger partial charge in [0.1, 0.15) is 12.4 Å². The molecule has 0 spiro atoms. The van der Waals surface area contributed by atoms with Gasteiger partial charge in [-0.1, -0.05) is 0 Å². The van der Waals surface area contributed by atoms with Crippen molar-refractivity contribution in [3.8, 4) is 0 Å². The van der Waals surface area contributed by atoms with Crippen molar-refractivity contribution in [1.82, 2.24) is 0 Å². The van der Waals surface area contributed by atoms with E-state index < -0.39 is 0 Å². The molecule has 0 aliphatic heterocycles. The molecule has 3 nitrogen and oxygen atoms in total. The van der Waals surface area contributed by atoms with Gasteiger partial charge in [0.05, 0.1) is 5.60 Å². The molecule has 10 heavy (non-hydrogen) atoms. The highest BCUT2D eigenvalue weighted by Crippen LogP contribution is 2.04. The molecule has 0 heterocycles. The van der Waals surface area contributed by atoms with Gasteiger partial charge in [0.25, 0.3) is 0 Å². The summed E-state index contributed by atoms with van der Waals surface area (Å²) in [6, 6.07) is 0. The van der Waals surface area contributed by atoms with Crippen LogP contribution in [0.5, 0.6) is 0 Å². The summed E-state index contributed by atoms with van der Waals surface area (Å²) in [6.07, 6.45) is 0. The normalized spacial score (nSPS) is 10.3. The van der Waals surface area contributed by atoms with Gasteiger partial charge in [0.2, 0.25) is 0 Å². The molecular formula is C6H15ClN2O. The van der Waals surface area contributed by atoms with Gasteiger partial charge in [-0.2, -0.15) is 0 Å². The average molecular weight is 167 g/mol. The Morgan fingerprint density at radius 3 is 2.00 bits per heavy atom. The second kappa shape index (κ2) is 4.52. The number of nitrogens with one attached hydrogen (secondary N) is 1. The van der Waals surface area contributed by atoms with Crippen LogP contribution in [0.1, 0.15) is 20.8 Å². The molecule has 0 radical (unpaired) electrons. The summed E-state index contributed by atoms with van der Waals surface area (Å²) in [7, 11) is 0. The number of nitrogens with two attached hydrogens (primary N) is 1. The minimum Gasteiger partial charge on any atom is -0.386 e. The molecule has 0 aromatic heterocycles. The smallest absolute Gasteiger partial charge is 0.117 e. The largest absolute Gasteiger partial charge is 0.386 e. The lowest BCUT2D eigenvalue weighted by Crippen LogP contribution is -2.26. The van der Waals surface area contributed by atoms with Crippen LogP contribution in [-0.2, 0) is 4.74 Å². The molecule has 0 saturated carbocycles. The van der Waals surface area contributed by atoms with E-state index in [1.54, 1.807) is 0 Å². The van der Waals surface area contributed by atoms with E-state index in [4.69, 9.17) is 15.9 Å². The third-order valence-electron chi connectivity index (χ3n) is 0.661. The number of halogens is 1. The van der Waals surface area contributed by atoms with Crippen LogP contribution in [0.15, 0.2) is 0 Å². The van der Waals surface area contributed by atoms with Crippen LogP contribution in [0.25, 0.3) is 0 Å². The van der Waals surface area contributed by atoms with E-state index in [0.717, 1.165) is 0 Å². The number of hydrogen-bond acceptors (Lipinski definition) is 2. The maximum atomic E-state index is 6.83. The lowest BCUT2D eigenvalue weighted by molar-refractivity contribution is 0.0207. The van der Waals surface area contributed by atoms with Gasteiger partial charge in [-0.3, -0.25) is 5.41 Å². The lowest BCUT2D eigenvalue weighted by Gasteiger charge is -2.18. The second-order valence-corrected chi connectivity index (χ2v) is 2.93. The molecule has 0 saturated heterocycles. The zero-order valence-corrected chi connectivity index (χ0v) is 7.42. The van der Waals surface area contributed by atoms with Crippen LogP contribution in [0.3, 0.4) is 0 Å². The van der Waals surface area contributed by atoms with Crippen molar-refractivity contribution < 1.29 is 4.74 Å². The fourth-order valence-corrected chi connectivity index (χ4v) is 0.294. The predicted molar refractivity (Wildman–Crippen MR) is 44.9 cm³/mol. The molecule has 62 valence electrons. The summed E-state index contributed by atoms with van der Waals surface area (Å²) in [5, 5.41) is 6.83. The summed E-state index contributed by atoms with van der Waals surface area (Å²) in [4.78, 5) is 0. The van der Waals surface area contributed by atoms with E-state index in [9.17, 15) is 0 Å². The Labute approximate surface area is 67.9 Å². The maximum Gasteiger partial charge on any atom is 0.117 e. The molecule has 0 atom stereocenters. The summed E-state index contributed by atoms with van der Waals surface area (Å²) >= 11 is 0. The van der Waals surface area contributed by atoms with Crippen LogP contribution in [0.4, 0.5) is 0 Å². The van der Waals surface area contributed by atoms with E-state index in [-0.39, 0.29) is 30.5 Å². The van der Waals surface area contributed by atoms with Crippen molar-refractivity contribution in [2.75, 3.05) is 6.61 Å². The minimum atomic E-state index is -0.189. The highest BCUT2D eigenvalue weighted by atomic mass is 35.5. The molecule has 3 N–H and O–H groups in total. The third kappa shape index (κ3) is 10.7. The summed E-state index contributed by atoms with van der Waals surface area (Å²) in [5.74, 6) is 0.0740. The van der Waals surface area contributed by atoms with Gasteiger partial charge in [-0.15, -0.1) is 12.4 Å². The van der Waals surface area contributed by atoms with E-state index in [2.05, 4.69) is 0 Å². The first-order valence-electron chi connectivity index (χ1n) is 2.89. The molecule has 0 bridgehead atoms. The molecule has 4 heteroatoms. The molecule has 0 unspecified atom stereocenters. The van der Waals surface area contributed by atoms with Crippen molar-refractivity contribution in [2.24, 2.45) is 5.73 Å². The zero-order chi connectivity index (χ0) is 7.49. The zero-order valence-electron chi connectivity index (χ0n) is 6.60. The van der Waals surface area contributed by atoms with Gasteiger partial charge in [0, 0.05) is 0 Å². The molecule has 0 fully saturated rings. The first kappa shape index (κ1) is 12.4. The standard InChI is InChI=1S/C6H14N2O.ClH/c1-6(2,3)9-4-5(7)8;/h4H2,1-3H3,(H3,7,8);1H. The third-order valence-corrected chi connectivity index (χ3v) is 0.661. The Balaban J connectivity index is 0. The maximum absolute atomic E-state index is 6.83. The van der Waals surface area contributed by atoms with Crippen LogP contribution in [0, 0.1) is 5.41 Å². The summed E-state index contributed by atoms with van der Waals surface area (Å²) < 4.78 is 5.14. The van der Waals surface area contributed by atoms with Crippen LogP contribution >= 0.6 is 12.4 Å². The minimum absolute atomic E-state index is 0. The predicted octanol–water partition coefficient (Wildman–Crippen LogP) is 1.16. The number of amidine groups is 1. The molecule has 0 aliphatic rings. The number of hydrogen-bond donors (Lipinski definition) is 2. The lowest BCUT2D eigenvalue weighted by atomic mass is 10.2. The van der Waals surface area contributed by atoms with E-state index >= 15 is 0 Å². The quantitative estimate of drug-likeness (QED) is 0.478. The van der Waals surface area contributed by atoms with Crippen LogP contribution < -0.4 is 5.73 Å².